The molecule has 0 aliphatic heterocycles. The Kier molecular flexibility index (Phi) is 4.59. The van der Waals surface area contributed by atoms with E-state index < -0.39 is 10.0 Å². The molecule has 1 fully saturated rings. The Hall–Kier alpha value is -0.920. The molecule has 1 heterocycles. The smallest absolute Gasteiger partial charge is 0.257 e. The summed E-state index contributed by atoms with van der Waals surface area (Å²) >= 11 is 0. The van der Waals surface area contributed by atoms with Gasteiger partial charge in [-0.3, -0.25) is 0 Å². The first kappa shape index (κ1) is 14.5. The molecule has 1 aliphatic carbocycles. The molecule has 1 aromatic heterocycles. The van der Waals surface area contributed by atoms with E-state index in [1.165, 1.54) is 6.20 Å². The topological polar surface area (TPSA) is 101 Å². The molecule has 2 unspecified atom stereocenters. The molecule has 0 radical (unpaired) electrons. The average Bonchev–Trinajstić information content (AvgIpc) is 2.78. The Bertz CT molecular complexity index is 512. The summed E-state index contributed by atoms with van der Waals surface area (Å²) in [4.78, 5) is 6.85. The third-order valence-corrected chi connectivity index (χ3v) is 5.01. The molecule has 0 amide bonds. The summed E-state index contributed by atoms with van der Waals surface area (Å²) in [7, 11) is -3.55. The second-order valence-corrected chi connectivity index (χ2v) is 6.76. The molecule has 19 heavy (non-hydrogen) atoms. The molecule has 0 saturated heterocycles. The third kappa shape index (κ3) is 3.55. The lowest BCUT2D eigenvalue weighted by molar-refractivity contribution is 0.455. The van der Waals surface area contributed by atoms with Crippen LogP contribution in [0.3, 0.4) is 0 Å². The van der Waals surface area contributed by atoms with E-state index in [-0.39, 0.29) is 17.1 Å². The molecule has 6 nitrogen and oxygen atoms in total. The van der Waals surface area contributed by atoms with Crippen LogP contribution in [-0.2, 0) is 16.4 Å². The van der Waals surface area contributed by atoms with Gasteiger partial charge < -0.3 is 10.7 Å². The van der Waals surface area contributed by atoms with E-state index in [0.29, 0.717) is 12.2 Å². The van der Waals surface area contributed by atoms with E-state index >= 15 is 0 Å². The van der Waals surface area contributed by atoms with Gasteiger partial charge >= 0.3 is 0 Å². The summed E-state index contributed by atoms with van der Waals surface area (Å²) in [6.45, 7) is 1.92. The molecule has 0 spiro atoms. The number of aromatic amines is 1. The number of sulfonamides is 1. The van der Waals surface area contributed by atoms with Crippen LogP contribution < -0.4 is 10.5 Å². The van der Waals surface area contributed by atoms with Crippen molar-refractivity contribution < 1.29 is 8.42 Å². The molecule has 108 valence electrons. The first-order valence-electron chi connectivity index (χ1n) is 6.84. The SMILES string of the molecule is CCc1ncc(S(=O)(=O)NC2CCCCCC2N)[nH]1. The van der Waals surface area contributed by atoms with Crippen LogP contribution in [0.1, 0.15) is 44.9 Å². The zero-order chi connectivity index (χ0) is 13.9. The van der Waals surface area contributed by atoms with Gasteiger partial charge in [-0.05, 0) is 12.8 Å². The standard InChI is InChI=1S/C12H22N4O2S/c1-2-11-14-8-12(15-11)19(17,18)16-10-7-5-3-4-6-9(10)13/h8-10,16H,2-7,13H2,1H3,(H,14,15). The van der Waals surface area contributed by atoms with E-state index in [0.717, 1.165) is 32.1 Å². The Morgan fingerprint density at radius 3 is 2.84 bits per heavy atom. The van der Waals surface area contributed by atoms with Crippen LogP contribution >= 0.6 is 0 Å². The fourth-order valence-corrected chi connectivity index (χ4v) is 3.67. The fraction of sp³-hybridized carbons (Fsp3) is 0.750. The van der Waals surface area contributed by atoms with E-state index in [9.17, 15) is 8.42 Å². The second kappa shape index (κ2) is 6.02. The second-order valence-electron chi connectivity index (χ2n) is 5.08. The number of nitrogens with two attached hydrogens (primary N) is 1. The predicted octanol–water partition coefficient (Wildman–Crippen LogP) is 0.910. The number of aryl methyl sites for hydroxylation is 1. The normalized spacial score (nSPS) is 25.2. The first-order valence-corrected chi connectivity index (χ1v) is 8.33. The highest BCUT2D eigenvalue weighted by molar-refractivity contribution is 7.89. The minimum atomic E-state index is -3.55. The van der Waals surface area contributed by atoms with Gasteiger partial charge in [-0.2, -0.15) is 0 Å². The van der Waals surface area contributed by atoms with Gasteiger partial charge in [0.2, 0.25) is 0 Å². The number of hydrogen-bond donors (Lipinski definition) is 3. The lowest BCUT2D eigenvalue weighted by Gasteiger charge is -2.21. The molecule has 1 aliphatic rings. The van der Waals surface area contributed by atoms with Gasteiger partial charge in [0.15, 0.2) is 5.03 Å². The van der Waals surface area contributed by atoms with Crippen LogP contribution in [0.15, 0.2) is 11.2 Å². The van der Waals surface area contributed by atoms with E-state index in [4.69, 9.17) is 5.73 Å². The van der Waals surface area contributed by atoms with Gasteiger partial charge in [0.1, 0.15) is 5.82 Å². The van der Waals surface area contributed by atoms with Gasteiger partial charge in [0, 0.05) is 18.5 Å². The first-order chi connectivity index (χ1) is 9.03. The van der Waals surface area contributed by atoms with Gasteiger partial charge in [0.05, 0.1) is 6.20 Å². The molecule has 0 aromatic carbocycles. The number of aromatic nitrogens is 2. The summed E-state index contributed by atoms with van der Waals surface area (Å²) < 4.78 is 27.2. The largest absolute Gasteiger partial charge is 0.332 e. The Labute approximate surface area is 114 Å². The fourth-order valence-electron chi connectivity index (χ4n) is 2.40. The summed E-state index contributed by atoms with van der Waals surface area (Å²) in [5.41, 5.74) is 6.04. The van der Waals surface area contributed by atoms with Crippen molar-refractivity contribution in [1.82, 2.24) is 14.7 Å². The quantitative estimate of drug-likeness (QED) is 0.716. The van der Waals surface area contributed by atoms with E-state index in [1.807, 2.05) is 6.92 Å². The van der Waals surface area contributed by atoms with Crippen molar-refractivity contribution in [1.29, 1.82) is 0 Å². The number of rotatable bonds is 4. The summed E-state index contributed by atoms with van der Waals surface area (Å²) in [6.07, 6.45) is 6.93. The number of nitrogens with zero attached hydrogens (tertiary/aromatic N) is 1. The number of nitrogens with one attached hydrogen (secondary N) is 2. The summed E-state index contributed by atoms with van der Waals surface area (Å²) in [6, 6.07) is -0.285. The lowest BCUT2D eigenvalue weighted by atomic mass is 10.1. The van der Waals surface area contributed by atoms with Crippen LogP contribution in [-0.4, -0.2) is 30.5 Å². The highest BCUT2D eigenvalue weighted by atomic mass is 32.2. The van der Waals surface area contributed by atoms with Gasteiger partial charge in [0.25, 0.3) is 10.0 Å². The van der Waals surface area contributed by atoms with Crippen molar-refractivity contribution in [3.8, 4) is 0 Å². The third-order valence-electron chi connectivity index (χ3n) is 3.61. The van der Waals surface area contributed by atoms with Crippen molar-refractivity contribution in [2.45, 2.75) is 62.6 Å². The molecule has 1 aromatic rings. The molecule has 0 bridgehead atoms. The number of H-pyrrole nitrogens is 1. The Morgan fingerprint density at radius 1 is 1.42 bits per heavy atom. The van der Waals surface area contributed by atoms with Crippen LogP contribution in [0, 0.1) is 0 Å². The molecule has 1 saturated carbocycles. The highest BCUT2D eigenvalue weighted by Gasteiger charge is 2.27. The lowest BCUT2D eigenvalue weighted by Crippen LogP contribution is -2.46. The maximum absolute atomic E-state index is 12.2. The maximum atomic E-state index is 12.2. The zero-order valence-electron chi connectivity index (χ0n) is 11.2. The summed E-state index contributed by atoms with van der Waals surface area (Å²) in [5.74, 6) is 0.672. The van der Waals surface area contributed by atoms with Crippen LogP contribution in [0.5, 0.6) is 0 Å². The molecular weight excluding hydrogens is 264 g/mol. The molecule has 2 atom stereocenters. The Morgan fingerprint density at radius 2 is 2.16 bits per heavy atom. The average molecular weight is 286 g/mol. The van der Waals surface area contributed by atoms with Crippen LogP contribution in [0.2, 0.25) is 0 Å². The molecule has 2 rings (SSSR count). The van der Waals surface area contributed by atoms with Crippen LogP contribution in [0.4, 0.5) is 0 Å². The highest BCUT2D eigenvalue weighted by Crippen LogP contribution is 2.18. The number of imidazole rings is 1. The minimum Gasteiger partial charge on any atom is -0.332 e. The van der Waals surface area contributed by atoms with Crippen molar-refractivity contribution in [2.75, 3.05) is 0 Å². The monoisotopic (exact) mass is 286 g/mol. The molecular formula is C12H22N4O2S. The van der Waals surface area contributed by atoms with Crippen molar-refractivity contribution in [2.24, 2.45) is 5.73 Å². The molecule has 4 N–H and O–H groups in total. The van der Waals surface area contributed by atoms with E-state index in [1.54, 1.807) is 0 Å². The number of hydrogen-bond acceptors (Lipinski definition) is 4. The van der Waals surface area contributed by atoms with Gasteiger partial charge in [-0.1, -0.05) is 26.2 Å². The van der Waals surface area contributed by atoms with E-state index in [2.05, 4.69) is 14.7 Å². The van der Waals surface area contributed by atoms with Crippen molar-refractivity contribution in [3.63, 3.8) is 0 Å². The zero-order valence-corrected chi connectivity index (χ0v) is 12.0. The van der Waals surface area contributed by atoms with Gasteiger partial charge in [-0.15, -0.1) is 0 Å². The van der Waals surface area contributed by atoms with Crippen LogP contribution in [0.25, 0.3) is 0 Å². The molecule has 7 heteroatoms. The van der Waals surface area contributed by atoms with Crippen molar-refractivity contribution in [3.05, 3.63) is 12.0 Å². The minimum absolute atomic E-state index is 0.106. The maximum Gasteiger partial charge on any atom is 0.257 e. The van der Waals surface area contributed by atoms with Gasteiger partial charge in [-0.25, -0.2) is 18.1 Å². The van der Waals surface area contributed by atoms with Crippen molar-refractivity contribution >= 4 is 10.0 Å². The Balaban J connectivity index is 2.11. The predicted molar refractivity (Wildman–Crippen MR) is 73.1 cm³/mol. The summed E-state index contributed by atoms with van der Waals surface area (Å²) in [5, 5.41) is 0.126.